The Bertz CT molecular complexity index is 122. The fourth-order valence-electron chi connectivity index (χ4n) is 0.334. The molecule has 0 radical (unpaired) electrons. The van der Waals surface area contributed by atoms with Gasteiger partial charge in [-0.1, -0.05) is 18.3 Å². The molecule has 0 aromatic heterocycles. The normalized spacial score (nSPS) is 8.00. The molecule has 50 valence electrons. The highest BCUT2D eigenvalue weighted by Crippen LogP contribution is 1.73. The van der Waals surface area contributed by atoms with E-state index in [2.05, 4.69) is 24.1 Å². The molecule has 0 atom stereocenters. The van der Waals surface area contributed by atoms with Gasteiger partial charge >= 0.3 is 0 Å². The molecular weight excluding hydrogens is 134 g/mol. The summed E-state index contributed by atoms with van der Waals surface area (Å²) >= 11 is 4.47. The Morgan fingerprint density at radius 1 is 1.78 bits per heavy atom. The van der Waals surface area contributed by atoms with Crippen LogP contribution in [-0.2, 0) is 4.79 Å². The second kappa shape index (κ2) is 5.44. The first-order valence-corrected chi connectivity index (χ1v) is 3.09. The first-order chi connectivity index (χ1) is 4.31. The Kier molecular flexibility index (Phi) is 5.01. The van der Waals surface area contributed by atoms with Crippen LogP contribution in [0.15, 0.2) is 12.7 Å². The second-order valence-electron chi connectivity index (χ2n) is 1.46. The molecule has 0 rings (SSSR count). The molecule has 1 N–H and O–H groups in total. The molecule has 0 aromatic carbocycles. The lowest BCUT2D eigenvalue weighted by atomic mass is 10.4. The lowest BCUT2D eigenvalue weighted by Gasteiger charge is -1.95. The van der Waals surface area contributed by atoms with Crippen molar-refractivity contribution in [3.05, 3.63) is 12.7 Å². The van der Waals surface area contributed by atoms with E-state index >= 15 is 0 Å². The maximum absolute atomic E-state index is 10.5. The van der Waals surface area contributed by atoms with Crippen molar-refractivity contribution >= 4 is 23.5 Å². The van der Waals surface area contributed by atoms with Crippen LogP contribution in [0.1, 0.15) is 6.42 Å². The molecule has 0 saturated heterocycles. The third-order valence-electron chi connectivity index (χ3n) is 0.712. The zero-order valence-electron chi connectivity index (χ0n) is 5.09. The van der Waals surface area contributed by atoms with Crippen LogP contribution < -0.4 is 5.32 Å². The van der Waals surface area contributed by atoms with Crippen molar-refractivity contribution < 1.29 is 4.79 Å². The molecule has 0 aliphatic carbocycles. The molecule has 0 aliphatic heterocycles. The minimum Gasteiger partial charge on any atom is -0.352 e. The van der Waals surface area contributed by atoms with Crippen molar-refractivity contribution in [1.82, 2.24) is 5.32 Å². The SMILES string of the molecule is C=CCNC(=O)CC=S. The number of amides is 1. The van der Waals surface area contributed by atoms with E-state index in [9.17, 15) is 4.79 Å². The van der Waals surface area contributed by atoms with Gasteiger partial charge in [0.2, 0.25) is 5.91 Å². The summed E-state index contributed by atoms with van der Waals surface area (Å²) < 4.78 is 0. The van der Waals surface area contributed by atoms with Crippen molar-refractivity contribution in [2.45, 2.75) is 6.42 Å². The van der Waals surface area contributed by atoms with Crippen molar-refractivity contribution in [2.24, 2.45) is 0 Å². The summed E-state index contributed by atoms with van der Waals surface area (Å²) in [5.74, 6) is -0.0510. The number of hydrogen-bond acceptors (Lipinski definition) is 2. The first kappa shape index (κ1) is 8.30. The van der Waals surface area contributed by atoms with E-state index < -0.39 is 0 Å². The van der Waals surface area contributed by atoms with Gasteiger partial charge in [0, 0.05) is 6.54 Å². The van der Waals surface area contributed by atoms with Crippen LogP contribution in [0.5, 0.6) is 0 Å². The molecule has 1 amide bonds. The highest BCUT2D eigenvalue weighted by atomic mass is 32.1. The third kappa shape index (κ3) is 5.17. The van der Waals surface area contributed by atoms with Gasteiger partial charge in [0.05, 0.1) is 6.42 Å². The fraction of sp³-hybridized carbons (Fsp3) is 0.333. The summed E-state index contributed by atoms with van der Waals surface area (Å²) in [6, 6.07) is 0. The Hall–Kier alpha value is -0.700. The third-order valence-corrected chi connectivity index (χ3v) is 0.879. The molecule has 3 heteroatoms. The molecule has 0 unspecified atom stereocenters. The zero-order valence-corrected chi connectivity index (χ0v) is 5.91. The zero-order chi connectivity index (χ0) is 7.11. The van der Waals surface area contributed by atoms with E-state index in [4.69, 9.17) is 0 Å². The molecule has 0 spiro atoms. The number of carbonyl (C=O) groups is 1. The van der Waals surface area contributed by atoms with Crippen LogP contribution in [0.25, 0.3) is 0 Å². The van der Waals surface area contributed by atoms with Gasteiger partial charge in [-0.25, -0.2) is 0 Å². The van der Waals surface area contributed by atoms with Gasteiger partial charge in [0.25, 0.3) is 0 Å². The van der Waals surface area contributed by atoms with E-state index in [1.165, 1.54) is 5.37 Å². The molecule has 0 fully saturated rings. The van der Waals surface area contributed by atoms with Crippen molar-refractivity contribution in [1.29, 1.82) is 0 Å². The van der Waals surface area contributed by atoms with Crippen molar-refractivity contribution in [3.8, 4) is 0 Å². The minimum absolute atomic E-state index is 0.0510. The highest BCUT2D eigenvalue weighted by molar-refractivity contribution is 7.79. The first-order valence-electron chi connectivity index (χ1n) is 2.62. The molecule has 2 nitrogen and oxygen atoms in total. The van der Waals surface area contributed by atoms with Gasteiger partial charge in [0.1, 0.15) is 0 Å². The molecule has 0 bridgehead atoms. The van der Waals surface area contributed by atoms with Crippen molar-refractivity contribution in [2.75, 3.05) is 6.54 Å². The van der Waals surface area contributed by atoms with E-state index in [-0.39, 0.29) is 5.91 Å². The molecule has 0 aliphatic rings. The van der Waals surface area contributed by atoms with Gasteiger partial charge < -0.3 is 5.32 Å². The molecule has 9 heavy (non-hydrogen) atoms. The largest absolute Gasteiger partial charge is 0.352 e. The number of nitrogens with one attached hydrogen (secondary N) is 1. The van der Waals surface area contributed by atoms with E-state index in [1.54, 1.807) is 6.08 Å². The van der Waals surface area contributed by atoms with Gasteiger partial charge in [-0.05, 0) is 5.37 Å². The maximum atomic E-state index is 10.5. The predicted molar refractivity (Wildman–Crippen MR) is 41.5 cm³/mol. The van der Waals surface area contributed by atoms with Crippen LogP contribution in [0, 0.1) is 0 Å². The average molecular weight is 143 g/mol. The van der Waals surface area contributed by atoms with E-state index in [1.807, 2.05) is 0 Å². The van der Waals surface area contributed by atoms with E-state index in [0.29, 0.717) is 13.0 Å². The molecule has 0 saturated carbocycles. The van der Waals surface area contributed by atoms with Gasteiger partial charge in [-0.3, -0.25) is 4.79 Å². The summed E-state index contributed by atoms with van der Waals surface area (Å²) in [4.78, 5) is 10.5. The summed E-state index contributed by atoms with van der Waals surface area (Å²) in [6.07, 6.45) is 1.93. The van der Waals surface area contributed by atoms with E-state index in [0.717, 1.165) is 0 Å². The monoisotopic (exact) mass is 143 g/mol. The summed E-state index contributed by atoms with van der Waals surface area (Å²) in [6.45, 7) is 3.96. The molecule has 0 heterocycles. The summed E-state index contributed by atoms with van der Waals surface area (Å²) in [5, 5.41) is 3.98. The quantitative estimate of drug-likeness (QED) is 0.463. The molecule has 0 aromatic rings. The lowest BCUT2D eigenvalue weighted by Crippen LogP contribution is -2.22. The smallest absolute Gasteiger partial charge is 0.224 e. The summed E-state index contributed by atoms with van der Waals surface area (Å²) in [5.41, 5.74) is 0. The maximum Gasteiger partial charge on any atom is 0.224 e. The van der Waals surface area contributed by atoms with Crippen LogP contribution in [-0.4, -0.2) is 17.8 Å². The topological polar surface area (TPSA) is 29.1 Å². The highest BCUT2D eigenvalue weighted by Gasteiger charge is 1.92. The van der Waals surface area contributed by atoms with Crippen LogP contribution in [0.2, 0.25) is 0 Å². The van der Waals surface area contributed by atoms with Crippen LogP contribution >= 0.6 is 12.2 Å². The lowest BCUT2D eigenvalue weighted by molar-refractivity contribution is -0.119. The Labute approximate surface area is 59.9 Å². The van der Waals surface area contributed by atoms with Gasteiger partial charge in [-0.15, -0.1) is 6.58 Å². The van der Waals surface area contributed by atoms with Gasteiger partial charge in [0.15, 0.2) is 0 Å². The summed E-state index contributed by atoms with van der Waals surface area (Å²) in [7, 11) is 0. The van der Waals surface area contributed by atoms with Crippen LogP contribution in [0.3, 0.4) is 0 Å². The van der Waals surface area contributed by atoms with Gasteiger partial charge in [-0.2, -0.15) is 0 Å². The Balaban J connectivity index is 3.26. The Morgan fingerprint density at radius 2 is 2.44 bits per heavy atom. The number of hydrogen-bond donors (Lipinski definition) is 1. The molecular formula is C6H9NOS. The fourth-order valence-corrected chi connectivity index (χ4v) is 0.485. The number of rotatable bonds is 4. The average Bonchev–Trinajstić information content (AvgIpc) is 1.85. The predicted octanol–water partition coefficient (Wildman–Crippen LogP) is 0.678. The second-order valence-corrected chi connectivity index (χ2v) is 1.80. The van der Waals surface area contributed by atoms with Crippen LogP contribution in [0.4, 0.5) is 0 Å². The Morgan fingerprint density at radius 3 is 2.89 bits per heavy atom. The number of thiocarbonyl (C=S) groups is 1. The number of carbonyl (C=O) groups excluding carboxylic acids is 1. The minimum atomic E-state index is -0.0510. The standard InChI is InChI=1S/C6H9NOS/c1-2-4-7-6(8)3-5-9/h2,5H,1,3-4H2,(H,7,8). The van der Waals surface area contributed by atoms with Crippen molar-refractivity contribution in [3.63, 3.8) is 0 Å².